The Labute approximate surface area is 91.5 Å². The molecule has 0 aromatic heterocycles. The highest BCUT2D eigenvalue weighted by molar-refractivity contribution is 4.77. The van der Waals surface area contributed by atoms with Crippen LogP contribution in [0, 0.1) is 24.2 Å². The van der Waals surface area contributed by atoms with Crippen molar-refractivity contribution >= 4 is 0 Å². The Hall–Kier alpha value is 0. The minimum Gasteiger partial charge on any atom is -0.0651 e. The van der Waals surface area contributed by atoms with Crippen LogP contribution < -0.4 is 0 Å². The van der Waals surface area contributed by atoms with Crippen molar-refractivity contribution in [1.29, 1.82) is 0 Å². The Morgan fingerprint density at radius 2 is 1.57 bits per heavy atom. The Balaban J connectivity index is 3.63. The highest BCUT2D eigenvalue weighted by Gasteiger charge is 2.19. The molecule has 0 heterocycles. The van der Waals surface area contributed by atoms with E-state index >= 15 is 0 Å². The highest BCUT2D eigenvalue weighted by Crippen LogP contribution is 2.30. The van der Waals surface area contributed by atoms with Gasteiger partial charge in [0.15, 0.2) is 0 Å². The van der Waals surface area contributed by atoms with Crippen molar-refractivity contribution in [3.05, 3.63) is 6.92 Å². The van der Waals surface area contributed by atoms with Crippen LogP contribution in [0.2, 0.25) is 0 Å². The summed E-state index contributed by atoms with van der Waals surface area (Å²) in [4.78, 5) is 0. The first-order chi connectivity index (χ1) is 6.41. The fourth-order valence-corrected chi connectivity index (χ4v) is 1.80. The molecule has 0 aromatic carbocycles. The van der Waals surface area contributed by atoms with Crippen LogP contribution in [0.3, 0.4) is 0 Å². The number of hydrogen-bond acceptors (Lipinski definition) is 0. The molecule has 85 valence electrons. The second-order valence-electron chi connectivity index (χ2n) is 5.50. The molecule has 0 saturated heterocycles. The molecule has 0 aliphatic carbocycles. The summed E-state index contributed by atoms with van der Waals surface area (Å²) in [6, 6.07) is 0. The summed E-state index contributed by atoms with van der Waals surface area (Å²) < 4.78 is 0. The molecule has 0 aromatic rings. The minimum absolute atomic E-state index is 0.244. The smallest absolute Gasteiger partial charge is 0.0328 e. The van der Waals surface area contributed by atoms with Crippen molar-refractivity contribution < 1.29 is 0 Å². The normalized spacial score (nSPS) is 14.8. The molecular formula is C14H29. The van der Waals surface area contributed by atoms with Gasteiger partial charge in [0.1, 0.15) is 0 Å². The molecule has 0 heteroatoms. The minimum atomic E-state index is 0.244. The maximum absolute atomic E-state index is 4.21. The summed E-state index contributed by atoms with van der Waals surface area (Å²) >= 11 is 0. The van der Waals surface area contributed by atoms with Gasteiger partial charge in [0.2, 0.25) is 0 Å². The van der Waals surface area contributed by atoms with E-state index in [9.17, 15) is 0 Å². The predicted molar refractivity (Wildman–Crippen MR) is 66.2 cm³/mol. The van der Waals surface area contributed by atoms with Crippen LogP contribution in [0.15, 0.2) is 0 Å². The van der Waals surface area contributed by atoms with Gasteiger partial charge in [-0.15, -0.1) is 0 Å². The average Bonchev–Trinajstić information content (AvgIpc) is 2.10. The van der Waals surface area contributed by atoms with Crippen LogP contribution in [0.25, 0.3) is 0 Å². The maximum Gasteiger partial charge on any atom is -0.0328 e. The zero-order valence-electron chi connectivity index (χ0n) is 10.9. The van der Waals surface area contributed by atoms with E-state index in [1.165, 1.54) is 32.1 Å². The molecule has 0 nitrogen and oxygen atoms in total. The molecule has 0 saturated carbocycles. The van der Waals surface area contributed by atoms with Crippen LogP contribution in [0.5, 0.6) is 0 Å². The molecule has 0 N–H and O–H groups in total. The largest absolute Gasteiger partial charge is 0.0651 e. The van der Waals surface area contributed by atoms with Gasteiger partial charge < -0.3 is 0 Å². The molecule has 0 aliphatic heterocycles. The Bertz CT molecular complexity index is 125. The van der Waals surface area contributed by atoms with Gasteiger partial charge in [-0.25, -0.2) is 0 Å². The van der Waals surface area contributed by atoms with Crippen LogP contribution in [-0.2, 0) is 0 Å². The molecule has 0 bridgehead atoms. The zero-order chi connectivity index (χ0) is 11.2. The van der Waals surface area contributed by atoms with Crippen molar-refractivity contribution in [2.75, 3.05) is 0 Å². The average molecular weight is 197 g/mol. The summed E-state index contributed by atoms with van der Waals surface area (Å²) in [6.07, 6.45) is 6.82. The van der Waals surface area contributed by atoms with Crippen molar-refractivity contribution in [2.24, 2.45) is 17.3 Å². The van der Waals surface area contributed by atoms with E-state index in [-0.39, 0.29) is 5.41 Å². The molecule has 0 rings (SSSR count). The third-order valence-electron chi connectivity index (χ3n) is 3.74. The number of rotatable bonds is 7. The summed E-state index contributed by atoms with van der Waals surface area (Å²) in [7, 11) is 0. The molecule has 1 unspecified atom stereocenters. The van der Waals surface area contributed by atoms with E-state index in [1.54, 1.807) is 0 Å². The van der Waals surface area contributed by atoms with Gasteiger partial charge in [0.25, 0.3) is 0 Å². The first-order valence-corrected chi connectivity index (χ1v) is 6.27. The molecule has 1 radical (unpaired) electrons. The first kappa shape index (κ1) is 14.0. The lowest BCUT2D eigenvalue weighted by molar-refractivity contribution is 0.269. The topological polar surface area (TPSA) is 0 Å². The summed E-state index contributed by atoms with van der Waals surface area (Å²) in [5.41, 5.74) is 0.244. The highest BCUT2D eigenvalue weighted by atomic mass is 14.2. The van der Waals surface area contributed by atoms with E-state index in [0.717, 1.165) is 11.8 Å². The van der Waals surface area contributed by atoms with E-state index in [4.69, 9.17) is 0 Å². The van der Waals surface area contributed by atoms with Crippen molar-refractivity contribution in [1.82, 2.24) is 0 Å². The van der Waals surface area contributed by atoms with E-state index in [1.807, 2.05) is 0 Å². The van der Waals surface area contributed by atoms with Gasteiger partial charge in [-0.3, -0.25) is 0 Å². The van der Waals surface area contributed by atoms with Crippen molar-refractivity contribution in [2.45, 2.75) is 66.7 Å². The molecule has 14 heavy (non-hydrogen) atoms. The molecule has 0 fully saturated rings. The molecule has 1 atom stereocenters. The van der Waals surface area contributed by atoms with Gasteiger partial charge in [-0.05, 0) is 24.2 Å². The lowest BCUT2D eigenvalue weighted by Crippen LogP contribution is -2.17. The van der Waals surface area contributed by atoms with Crippen LogP contribution in [0.4, 0.5) is 0 Å². The van der Waals surface area contributed by atoms with Crippen molar-refractivity contribution in [3.63, 3.8) is 0 Å². The Kier molecular flexibility index (Phi) is 6.48. The molecular weight excluding hydrogens is 168 g/mol. The van der Waals surface area contributed by atoms with Gasteiger partial charge >= 0.3 is 0 Å². The first-order valence-electron chi connectivity index (χ1n) is 6.27. The summed E-state index contributed by atoms with van der Waals surface area (Å²) in [5.74, 6) is 1.70. The standard InChI is InChI=1S/C14H29/c1-7-13(8-2)11-9-10-12(3)14(4,5)6/h12-13H,4,7-11H2,1-3,5-6H3. The zero-order valence-corrected chi connectivity index (χ0v) is 10.9. The van der Waals surface area contributed by atoms with Crippen molar-refractivity contribution in [3.8, 4) is 0 Å². The predicted octanol–water partition coefficient (Wildman–Crippen LogP) is 5.09. The van der Waals surface area contributed by atoms with Gasteiger partial charge in [0, 0.05) is 0 Å². The number of hydrogen-bond donors (Lipinski definition) is 0. The van der Waals surface area contributed by atoms with E-state index in [0.29, 0.717) is 0 Å². The maximum atomic E-state index is 4.21. The second-order valence-corrected chi connectivity index (χ2v) is 5.50. The fourth-order valence-electron chi connectivity index (χ4n) is 1.80. The Morgan fingerprint density at radius 3 is 1.93 bits per heavy atom. The monoisotopic (exact) mass is 197 g/mol. The lowest BCUT2D eigenvalue weighted by atomic mass is 9.78. The quantitative estimate of drug-likeness (QED) is 0.533. The van der Waals surface area contributed by atoms with Gasteiger partial charge in [-0.2, -0.15) is 0 Å². The molecule has 0 aliphatic rings. The van der Waals surface area contributed by atoms with Gasteiger partial charge in [-0.1, -0.05) is 66.7 Å². The summed E-state index contributed by atoms with van der Waals surface area (Å²) in [6.45, 7) is 15.6. The second kappa shape index (κ2) is 6.48. The SMILES string of the molecule is [CH2]C(C)(C)C(C)CCCC(CC)CC. The Morgan fingerprint density at radius 1 is 1.07 bits per heavy atom. The van der Waals surface area contributed by atoms with E-state index in [2.05, 4.69) is 41.5 Å². The van der Waals surface area contributed by atoms with E-state index < -0.39 is 0 Å². The van der Waals surface area contributed by atoms with Crippen LogP contribution in [-0.4, -0.2) is 0 Å². The third-order valence-corrected chi connectivity index (χ3v) is 3.74. The molecule has 0 amide bonds. The van der Waals surface area contributed by atoms with Crippen LogP contribution >= 0.6 is 0 Å². The third kappa shape index (κ3) is 5.67. The van der Waals surface area contributed by atoms with Crippen LogP contribution in [0.1, 0.15) is 66.7 Å². The molecule has 0 spiro atoms. The van der Waals surface area contributed by atoms with Gasteiger partial charge in [0.05, 0.1) is 0 Å². The fraction of sp³-hybridized carbons (Fsp3) is 0.929. The lowest BCUT2D eigenvalue weighted by Gasteiger charge is -2.27. The summed E-state index contributed by atoms with van der Waals surface area (Å²) in [5, 5.41) is 0.